The number of carbonyl (C=O) groups is 2. The van der Waals surface area contributed by atoms with Crippen molar-refractivity contribution in [3.05, 3.63) is 101 Å². The van der Waals surface area contributed by atoms with Crippen molar-refractivity contribution in [2.45, 2.75) is 78.6 Å². The molecule has 0 amide bonds. The molecule has 0 saturated heterocycles. The SMILES string of the molecule is CCCCN(CCCC)c1ccc(C2=C([O-])C(=CC3=[N+](CCCC)c4ccc(C(=O)O)cc4C3(C)C)C2=O)c2cc3ccccc3cc12. The van der Waals surface area contributed by atoms with Crippen molar-refractivity contribution in [3.63, 3.8) is 0 Å². The predicted molar refractivity (Wildman–Crippen MR) is 195 cm³/mol. The molecular weight excluding hydrogens is 596 g/mol. The van der Waals surface area contributed by atoms with Gasteiger partial charge in [0.2, 0.25) is 5.69 Å². The number of Topliss-reactive ketones (excluding diaryl/α,β-unsaturated/α-hetero) is 1. The van der Waals surface area contributed by atoms with Crippen LogP contribution in [-0.4, -0.2) is 46.8 Å². The lowest BCUT2D eigenvalue weighted by molar-refractivity contribution is -0.438. The van der Waals surface area contributed by atoms with E-state index < -0.39 is 11.4 Å². The maximum absolute atomic E-state index is 14.1. The van der Waals surface area contributed by atoms with Crippen LogP contribution in [-0.2, 0) is 10.2 Å². The maximum atomic E-state index is 14.1. The zero-order valence-corrected chi connectivity index (χ0v) is 28.9. The van der Waals surface area contributed by atoms with E-state index in [0.29, 0.717) is 12.1 Å². The Morgan fingerprint density at radius 2 is 1.52 bits per heavy atom. The van der Waals surface area contributed by atoms with Crippen molar-refractivity contribution in [2.24, 2.45) is 0 Å². The minimum absolute atomic E-state index is 0.186. The number of unbranched alkanes of at least 4 members (excludes halogenated alkanes) is 3. The summed E-state index contributed by atoms with van der Waals surface area (Å²) in [5.41, 5.74) is 4.55. The molecule has 0 spiro atoms. The highest BCUT2D eigenvalue weighted by Gasteiger charge is 2.46. The molecule has 48 heavy (non-hydrogen) atoms. The Morgan fingerprint density at radius 1 is 0.875 bits per heavy atom. The molecule has 0 aromatic heterocycles. The summed E-state index contributed by atoms with van der Waals surface area (Å²) in [5.74, 6) is -1.46. The number of aromatic carboxylic acids is 1. The smallest absolute Gasteiger partial charge is 0.335 e. The van der Waals surface area contributed by atoms with Crippen LogP contribution in [0.5, 0.6) is 0 Å². The molecule has 0 atom stereocenters. The summed E-state index contributed by atoms with van der Waals surface area (Å²) >= 11 is 0. The molecular formula is C42H46N2O4. The van der Waals surface area contributed by atoms with Gasteiger partial charge < -0.3 is 15.1 Å². The number of fused-ring (bicyclic) bond motifs is 3. The van der Waals surface area contributed by atoms with Gasteiger partial charge in [-0.3, -0.25) is 4.79 Å². The fraction of sp³-hybridized carbons (Fsp3) is 0.357. The molecule has 0 fully saturated rings. The lowest BCUT2D eigenvalue weighted by Gasteiger charge is -2.33. The largest absolute Gasteiger partial charge is 0.871 e. The first-order valence-electron chi connectivity index (χ1n) is 17.5. The Balaban J connectivity index is 1.49. The van der Waals surface area contributed by atoms with Crippen LogP contribution in [0.4, 0.5) is 11.4 Å². The van der Waals surface area contributed by atoms with E-state index in [4.69, 9.17) is 0 Å². The summed E-state index contributed by atoms with van der Waals surface area (Å²) in [7, 11) is 0. The van der Waals surface area contributed by atoms with Gasteiger partial charge in [-0.15, -0.1) is 0 Å². The van der Waals surface area contributed by atoms with Crippen molar-refractivity contribution < 1.29 is 24.4 Å². The molecule has 4 aromatic rings. The molecule has 2 aliphatic rings. The average Bonchev–Trinajstić information content (AvgIpc) is 3.30. The van der Waals surface area contributed by atoms with Crippen molar-refractivity contribution in [2.75, 3.05) is 24.5 Å². The Morgan fingerprint density at radius 3 is 2.12 bits per heavy atom. The third-order valence-corrected chi connectivity index (χ3v) is 10.1. The highest BCUT2D eigenvalue weighted by atomic mass is 16.4. The van der Waals surface area contributed by atoms with E-state index >= 15 is 0 Å². The molecule has 0 bridgehead atoms. The summed E-state index contributed by atoms with van der Waals surface area (Å²) < 4.78 is 2.16. The summed E-state index contributed by atoms with van der Waals surface area (Å²) in [4.78, 5) is 28.4. The van der Waals surface area contributed by atoms with Gasteiger partial charge in [-0.05, 0) is 78.7 Å². The van der Waals surface area contributed by atoms with E-state index in [1.54, 1.807) is 18.2 Å². The van der Waals surface area contributed by atoms with Gasteiger partial charge in [0, 0.05) is 59.4 Å². The Hall–Kier alpha value is -4.71. The number of hydrogen-bond donors (Lipinski definition) is 1. The topological polar surface area (TPSA) is 83.7 Å². The van der Waals surface area contributed by atoms with Gasteiger partial charge in [-0.1, -0.05) is 76.1 Å². The molecule has 1 aliphatic heterocycles. The third kappa shape index (κ3) is 5.72. The summed E-state index contributed by atoms with van der Waals surface area (Å²) in [6.07, 6.45) is 8.06. The van der Waals surface area contributed by atoms with E-state index in [-0.39, 0.29) is 28.3 Å². The van der Waals surface area contributed by atoms with Crippen LogP contribution in [0.3, 0.4) is 0 Å². The lowest BCUT2D eigenvalue weighted by Crippen LogP contribution is -2.34. The number of carboxylic acids is 1. The van der Waals surface area contributed by atoms with Crippen LogP contribution in [0.25, 0.3) is 27.1 Å². The Kier molecular flexibility index (Phi) is 9.28. The van der Waals surface area contributed by atoms with Gasteiger partial charge in [0.05, 0.1) is 11.0 Å². The number of benzene rings is 4. The summed E-state index contributed by atoms with van der Waals surface area (Å²) in [6.45, 7) is 13.2. The highest BCUT2D eigenvalue weighted by molar-refractivity contribution is 6.41. The summed E-state index contributed by atoms with van der Waals surface area (Å²) in [6, 6.07) is 21.9. The predicted octanol–water partition coefficient (Wildman–Crippen LogP) is 8.55. The van der Waals surface area contributed by atoms with Crippen molar-refractivity contribution in [1.29, 1.82) is 0 Å². The van der Waals surface area contributed by atoms with Crippen molar-refractivity contribution in [3.8, 4) is 0 Å². The van der Waals surface area contributed by atoms with Crippen LogP contribution in [0.1, 0.15) is 94.6 Å². The first-order chi connectivity index (χ1) is 23.1. The molecule has 1 N–H and O–H groups in total. The number of carboxylic acid groups (broad SMARTS) is 1. The molecule has 0 unspecified atom stereocenters. The first-order valence-corrected chi connectivity index (χ1v) is 17.5. The second-order valence-corrected chi connectivity index (χ2v) is 13.7. The highest BCUT2D eigenvalue weighted by Crippen LogP contribution is 2.45. The zero-order valence-electron chi connectivity index (χ0n) is 28.9. The van der Waals surface area contributed by atoms with Gasteiger partial charge in [-0.2, -0.15) is 4.58 Å². The molecule has 0 radical (unpaired) electrons. The van der Waals surface area contributed by atoms with E-state index in [0.717, 1.165) is 95.8 Å². The molecule has 4 aromatic carbocycles. The van der Waals surface area contributed by atoms with Crippen LogP contribution >= 0.6 is 0 Å². The number of anilines is 1. The van der Waals surface area contributed by atoms with Gasteiger partial charge in [0.1, 0.15) is 6.54 Å². The second kappa shape index (κ2) is 13.4. The Labute approximate surface area is 283 Å². The van der Waals surface area contributed by atoms with Gasteiger partial charge in [-0.25, -0.2) is 4.79 Å². The molecule has 6 rings (SSSR count). The van der Waals surface area contributed by atoms with E-state index in [2.05, 4.69) is 60.6 Å². The standard InChI is InChI=1S/C42H46N2O4/c1-6-9-20-43(21-10-7-2)35-19-17-30(31-23-27-14-12-13-15-28(27)24-32(31)35)38-39(45)33(40(38)46)26-37-42(4,5)34-25-29(41(47)48)16-18-36(34)44(37)22-11-8-3/h12-19,23-26H,6-11,20-22H2,1-5H3,(H-,45,46,47,48). The van der Waals surface area contributed by atoms with Gasteiger partial charge in [0.25, 0.3) is 0 Å². The number of carbonyl (C=O) groups excluding carboxylic acids is 1. The van der Waals surface area contributed by atoms with Gasteiger partial charge in [0.15, 0.2) is 11.5 Å². The van der Waals surface area contributed by atoms with E-state index in [1.165, 1.54) is 0 Å². The average molecular weight is 643 g/mol. The third-order valence-electron chi connectivity index (χ3n) is 10.1. The number of hydrogen-bond acceptors (Lipinski definition) is 4. The Bertz CT molecular complexity index is 2020. The van der Waals surface area contributed by atoms with Crippen LogP contribution in [0, 0.1) is 0 Å². The fourth-order valence-electron chi connectivity index (χ4n) is 7.31. The molecule has 1 heterocycles. The van der Waals surface area contributed by atoms with E-state index in [9.17, 15) is 19.8 Å². The molecule has 1 aliphatic carbocycles. The molecule has 0 saturated carbocycles. The van der Waals surface area contributed by atoms with Crippen molar-refractivity contribution >= 4 is 56.0 Å². The zero-order chi connectivity index (χ0) is 34.2. The lowest BCUT2D eigenvalue weighted by atomic mass is 9.76. The van der Waals surface area contributed by atoms with E-state index in [1.807, 2.05) is 38.1 Å². The van der Waals surface area contributed by atoms with Crippen LogP contribution in [0.2, 0.25) is 0 Å². The molecule has 248 valence electrons. The second-order valence-electron chi connectivity index (χ2n) is 13.7. The number of allylic oxidation sites excluding steroid dienone is 3. The maximum Gasteiger partial charge on any atom is 0.335 e. The minimum atomic E-state index is -0.978. The monoisotopic (exact) mass is 642 g/mol. The van der Waals surface area contributed by atoms with Crippen molar-refractivity contribution in [1.82, 2.24) is 0 Å². The van der Waals surface area contributed by atoms with Crippen LogP contribution < -0.4 is 10.0 Å². The number of ketones is 1. The fourth-order valence-corrected chi connectivity index (χ4v) is 7.31. The summed E-state index contributed by atoms with van der Waals surface area (Å²) in [5, 5.41) is 27.9. The van der Waals surface area contributed by atoms with Crippen LogP contribution in [0.15, 0.2) is 84.1 Å². The van der Waals surface area contributed by atoms with Gasteiger partial charge >= 0.3 is 5.97 Å². The molecule has 6 heteroatoms. The molecule has 6 nitrogen and oxygen atoms in total. The minimum Gasteiger partial charge on any atom is -0.871 e. The normalized spacial score (nSPS) is 16.3. The number of nitrogens with zero attached hydrogens (tertiary/aromatic N) is 2. The quantitative estimate of drug-likeness (QED) is 0.0898. The number of rotatable bonds is 13. The first kappa shape index (κ1) is 33.2.